The molecule has 3 amide bonds. The maximum absolute atomic E-state index is 12.1. The maximum atomic E-state index is 12.1. The molecular formula is C14H18BrN3O4. The number of hydrazine groups is 1. The lowest BCUT2D eigenvalue weighted by atomic mass is 10.1. The standard InChI is InChI=1S/C14H18BrN3O4/c1-10(19)16-12(9-11-5-3-2-4-6-11)13(20)17-18-14(21)22-8-7-15/h2-6,12H,7-9H2,1H3,(H,16,19)(H,17,20)(H,18,21)/t12-/m0/s1. The molecule has 0 radical (unpaired) electrons. The summed E-state index contributed by atoms with van der Waals surface area (Å²) in [4.78, 5) is 34.5. The highest BCUT2D eigenvalue weighted by molar-refractivity contribution is 9.09. The molecule has 0 saturated carbocycles. The summed E-state index contributed by atoms with van der Waals surface area (Å²) >= 11 is 3.11. The van der Waals surface area contributed by atoms with E-state index >= 15 is 0 Å². The predicted octanol–water partition coefficient (Wildman–Crippen LogP) is 0.886. The second-order valence-corrected chi connectivity index (χ2v) is 5.17. The summed E-state index contributed by atoms with van der Waals surface area (Å²) in [6.45, 7) is 1.50. The number of halogens is 1. The van der Waals surface area contributed by atoms with Crippen LogP contribution < -0.4 is 16.2 Å². The number of carbonyl (C=O) groups is 3. The van der Waals surface area contributed by atoms with Gasteiger partial charge in [0.2, 0.25) is 5.91 Å². The number of alkyl halides is 1. The van der Waals surface area contributed by atoms with Gasteiger partial charge in [-0.15, -0.1) is 0 Å². The Balaban J connectivity index is 2.57. The molecule has 3 N–H and O–H groups in total. The van der Waals surface area contributed by atoms with E-state index in [-0.39, 0.29) is 12.5 Å². The highest BCUT2D eigenvalue weighted by Crippen LogP contribution is 2.03. The van der Waals surface area contributed by atoms with Crippen molar-refractivity contribution in [2.24, 2.45) is 0 Å². The van der Waals surface area contributed by atoms with Gasteiger partial charge in [-0.1, -0.05) is 46.3 Å². The number of amides is 3. The first kappa shape index (κ1) is 18.0. The van der Waals surface area contributed by atoms with Crippen molar-refractivity contribution in [3.63, 3.8) is 0 Å². The van der Waals surface area contributed by atoms with Gasteiger partial charge in [-0.05, 0) is 5.56 Å². The fourth-order valence-electron chi connectivity index (χ4n) is 1.67. The fraction of sp³-hybridized carbons (Fsp3) is 0.357. The number of rotatable bonds is 6. The van der Waals surface area contributed by atoms with Crippen molar-refractivity contribution < 1.29 is 19.1 Å². The van der Waals surface area contributed by atoms with Crippen LogP contribution in [0.3, 0.4) is 0 Å². The second kappa shape index (κ2) is 9.78. The third-order valence-corrected chi connectivity index (χ3v) is 2.90. The van der Waals surface area contributed by atoms with Gasteiger partial charge in [-0.25, -0.2) is 10.2 Å². The van der Waals surface area contributed by atoms with Gasteiger partial charge in [0.1, 0.15) is 12.6 Å². The smallest absolute Gasteiger partial charge is 0.426 e. The van der Waals surface area contributed by atoms with Crippen LogP contribution >= 0.6 is 15.9 Å². The molecule has 0 unspecified atom stereocenters. The van der Waals surface area contributed by atoms with Gasteiger partial charge in [-0.3, -0.25) is 15.0 Å². The third-order valence-electron chi connectivity index (χ3n) is 2.57. The van der Waals surface area contributed by atoms with Crippen LogP contribution in [0.2, 0.25) is 0 Å². The van der Waals surface area contributed by atoms with E-state index in [0.29, 0.717) is 11.8 Å². The van der Waals surface area contributed by atoms with E-state index in [1.165, 1.54) is 6.92 Å². The summed E-state index contributed by atoms with van der Waals surface area (Å²) in [5.41, 5.74) is 5.23. The van der Waals surface area contributed by atoms with Crippen LogP contribution in [0.15, 0.2) is 30.3 Å². The average molecular weight is 372 g/mol. The normalized spacial score (nSPS) is 11.2. The highest BCUT2D eigenvalue weighted by Gasteiger charge is 2.20. The molecule has 1 aromatic rings. The molecule has 1 atom stereocenters. The van der Waals surface area contributed by atoms with Crippen molar-refractivity contribution >= 4 is 33.8 Å². The van der Waals surface area contributed by atoms with Crippen LogP contribution in [0.5, 0.6) is 0 Å². The largest absolute Gasteiger partial charge is 0.447 e. The molecule has 120 valence electrons. The van der Waals surface area contributed by atoms with Crippen molar-refractivity contribution in [2.75, 3.05) is 11.9 Å². The molecule has 0 aliphatic rings. The summed E-state index contributed by atoms with van der Waals surface area (Å²) in [5, 5.41) is 3.04. The van der Waals surface area contributed by atoms with Crippen molar-refractivity contribution in [2.45, 2.75) is 19.4 Å². The molecule has 7 nitrogen and oxygen atoms in total. The number of carbonyl (C=O) groups excluding carboxylic acids is 3. The number of ether oxygens (including phenoxy) is 1. The minimum Gasteiger partial charge on any atom is -0.447 e. The predicted molar refractivity (Wildman–Crippen MR) is 84.2 cm³/mol. The Bertz CT molecular complexity index is 510. The van der Waals surface area contributed by atoms with Crippen molar-refractivity contribution in [3.8, 4) is 0 Å². The molecule has 0 saturated heterocycles. The van der Waals surface area contributed by atoms with Crippen molar-refractivity contribution in [1.82, 2.24) is 16.2 Å². The van der Waals surface area contributed by atoms with E-state index in [2.05, 4.69) is 32.1 Å². The van der Waals surface area contributed by atoms with Crippen LogP contribution in [-0.2, 0) is 20.7 Å². The molecule has 0 aromatic heterocycles. The van der Waals surface area contributed by atoms with E-state index in [0.717, 1.165) is 5.56 Å². The molecule has 0 heterocycles. The number of hydrogen-bond donors (Lipinski definition) is 3. The van der Waals surface area contributed by atoms with Crippen LogP contribution in [0.25, 0.3) is 0 Å². The van der Waals surface area contributed by atoms with Gasteiger partial charge in [0.05, 0.1) is 0 Å². The van der Waals surface area contributed by atoms with E-state index in [1.54, 1.807) is 0 Å². The summed E-state index contributed by atoms with van der Waals surface area (Å²) in [7, 11) is 0. The summed E-state index contributed by atoms with van der Waals surface area (Å²) in [6.07, 6.45) is -0.459. The zero-order valence-electron chi connectivity index (χ0n) is 12.1. The first-order valence-corrected chi connectivity index (χ1v) is 7.74. The molecule has 22 heavy (non-hydrogen) atoms. The summed E-state index contributed by atoms with van der Waals surface area (Å²) in [6, 6.07) is 8.44. The van der Waals surface area contributed by atoms with Gasteiger partial charge in [0, 0.05) is 18.7 Å². The lowest BCUT2D eigenvalue weighted by Crippen LogP contribution is -2.53. The van der Waals surface area contributed by atoms with E-state index in [1.807, 2.05) is 30.3 Å². The molecule has 0 fully saturated rings. The summed E-state index contributed by atoms with van der Waals surface area (Å²) < 4.78 is 4.72. The molecule has 1 rings (SSSR count). The lowest BCUT2D eigenvalue weighted by molar-refractivity contribution is -0.128. The van der Waals surface area contributed by atoms with Crippen LogP contribution in [0.1, 0.15) is 12.5 Å². The van der Waals surface area contributed by atoms with E-state index < -0.39 is 18.0 Å². The van der Waals surface area contributed by atoms with Crippen LogP contribution in [0.4, 0.5) is 4.79 Å². The van der Waals surface area contributed by atoms with Gasteiger partial charge < -0.3 is 10.1 Å². The van der Waals surface area contributed by atoms with E-state index in [4.69, 9.17) is 4.74 Å². The van der Waals surface area contributed by atoms with Gasteiger partial charge in [0.25, 0.3) is 5.91 Å². The minimum absolute atomic E-state index is 0.181. The van der Waals surface area contributed by atoms with Crippen LogP contribution in [-0.4, -0.2) is 35.9 Å². The Labute approximate surface area is 136 Å². The first-order valence-electron chi connectivity index (χ1n) is 6.62. The Morgan fingerprint density at radius 1 is 1.18 bits per heavy atom. The lowest BCUT2D eigenvalue weighted by Gasteiger charge is -2.18. The molecular weight excluding hydrogens is 354 g/mol. The third kappa shape index (κ3) is 7.07. The molecule has 0 aliphatic heterocycles. The summed E-state index contributed by atoms with van der Waals surface area (Å²) in [5.74, 6) is -0.868. The molecule has 0 bridgehead atoms. The first-order chi connectivity index (χ1) is 10.5. The number of benzene rings is 1. The van der Waals surface area contributed by atoms with Gasteiger partial charge in [0.15, 0.2) is 0 Å². The number of hydrogen-bond acceptors (Lipinski definition) is 4. The monoisotopic (exact) mass is 371 g/mol. The SMILES string of the molecule is CC(=O)N[C@@H](Cc1ccccc1)C(=O)NNC(=O)OCCBr. The second-order valence-electron chi connectivity index (χ2n) is 4.38. The topological polar surface area (TPSA) is 96.5 Å². The van der Waals surface area contributed by atoms with Gasteiger partial charge >= 0.3 is 6.09 Å². The van der Waals surface area contributed by atoms with Crippen molar-refractivity contribution in [1.29, 1.82) is 0 Å². The number of nitrogens with one attached hydrogen (secondary N) is 3. The van der Waals surface area contributed by atoms with E-state index in [9.17, 15) is 14.4 Å². The molecule has 0 spiro atoms. The zero-order valence-corrected chi connectivity index (χ0v) is 13.7. The highest BCUT2D eigenvalue weighted by atomic mass is 79.9. The Hall–Kier alpha value is -2.09. The Morgan fingerprint density at radius 3 is 2.45 bits per heavy atom. The quantitative estimate of drug-likeness (QED) is 0.510. The van der Waals surface area contributed by atoms with Crippen LogP contribution in [0, 0.1) is 0 Å². The van der Waals surface area contributed by atoms with Gasteiger partial charge in [-0.2, -0.15) is 0 Å². The fourth-order valence-corrected chi connectivity index (χ4v) is 1.83. The molecule has 1 aromatic carbocycles. The molecule has 0 aliphatic carbocycles. The molecule has 8 heteroatoms. The Kier molecular flexibility index (Phi) is 7.98. The average Bonchev–Trinajstić information content (AvgIpc) is 2.50. The minimum atomic E-state index is -0.795. The Morgan fingerprint density at radius 2 is 1.86 bits per heavy atom. The maximum Gasteiger partial charge on any atom is 0.426 e. The zero-order chi connectivity index (χ0) is 16.4. The van der Waals surface area contributed by atoms with Crippen molar-refractivity contribution in [3.05, 3.63) is 35.9 Å².